The zero-order chi connectivity index (χ0) is 45.9. The van der Waals surface area contributed by atoms with Crippen LogP contribution in [0, 0.1) is 0 Å². The van der Waals surface area contributed by atoms with Gasteiger partial charge in [0.05, 0.1) is 34.8 Å². The Balaban J connectivity index is 0.867. The minimum absolute atomic E-state index is 0.0730. The van der Waals surface area contributed by atoms with E-state index in [-0.39, 0.29) is 12.1 Å². The highest BCUT2D eigenvalue weighted by Gasteiger charge is 2.45. The molecule has 4 heterocycles. The molecule has 0 N–H and O–H groups in total. The molecule has 0 fully saturated rings. The summed E-state index contributed by atoms with van der Waals surface area (Å²) in [4.78, 5) is 25.3. The number of hydrogen-bond acceptors (Lipinski definition) is 6. The third kappa shape index (κ3) is 5.74. The molecule has 0 spiro atoms. The standard InChI is InChI=1S/C64H40N6/c1-4-18-46-42(14-1)43-15-2-6-20-48(43)56-38-41(69-60-25-11-12-26-61(60)70-59-24-10-9-23-58(59)68-64(69)70)29-32-50(56)49-30-27-39(36-54(46)49)57-33-35-66-63(67-57)40-28-31-51-53-22-13-34-65-62(53)52-21-8-7-17-45(52)44-16-3-5-19-47(44)55(51)37-40/h1-38,58-59H. The zero-order valence-corrected chi connectivity index (χ0v) is 37.8. The maximum Gasteiger partial charge on any atom is 0.211 e. The molecule has 70 heavy (non-hydrogen) atoms. The number of benzene rings is 8. The number of rotatable bonds is 3. The molecule has 0 bridgehead atoms. The van der Waals surface area contributed by atoms with Gasteiger partial charge in [-0.3, -0.25) is 9.88 Å². The van der Waals surface area contributed by atoms with Crippen molar-refractivity contribution in [2.75, 3.05) is 9.80 Å². The molecular formula is C64H40N6. The average molecular weight is 893 g/mol. The molecule has 6 nitrogen and oxygen atoms in total. The summed E-state index contributed by atoms with van der Waals surface area (Å²) in [5.74, 6) is 1.64. The number of aromatic nitrogens is 3. The highest BCUT2D eigenvalue weighted by Crippen LogP contribution is 2.53. The van der Waals surface area contributed by atoms with Gasteiger partial charge in [0, 0.05) is 40.3 Å². The Morgan fingerprint density at radius 1 is 0.371 bits per heavy atom. The number of allylic oxidation sites excluding steroid dienone is 2. The second kappa shape index (κ2) is 15.1. The monoisotopic (exact) mass is 892 g/mol. The van der Waals surface area contributed by atoms with Crippen molar-refractivity contribution >= 4 is 23.0 Å². The molecule has 5 aliphatic rings. The fraction of sp³-hybridized carbons (Fsp3) is 0.0312. The van der Waals surface area contributed by atoms with E-state index in [0.29, 0.717) is 5.82 Å². The maximum atomic E-state index is 5.34. The van der Waals surface area contributed by atoms with Crippen LogP contribution >= 0.6 is 0 Å². The second-order valence-electron chi connectivity index (χ2n) is 18.5. The lowest BCUT2D eigenvalue weighted by molar-refractivity contribution is 0.741. The summed E-state index contributed by atoms with van der Waals surface area (Å²) in [5, 5.41) is 0. The van der Waals surface area contributed by atoms with Crippen LogP contribution < -0.4 is 9.80 Å². The summed E-state index contributed by atoms with van der Waals surface area (Å²) in [6.07, 6.45) is 12.5. The van der Waals surface area contributed by atoms with Gasteiger partial charge < -0.3 is 4.90 Å². The van der Waals surface area contributed by atoms with Crippen LogP contribution in [0.3, 0.4) is 0 Å². The number of para-hydroxylation sites is 2. The van der Waals surface area contributed by atoms with Crippen molar-refractivity contribution in [1.29, 1.82) is 0 Å². The van der Waals surface area contributed by atoms with Crippen LogP contribution in [-0.4, -0.2) is 33.0 Å². The summed E-state index contributed by atoms with van der Waals surface area (Å²) < 4.78 is 0. The van der Waals surface area contributed by atoms with Crippen molar-refractivity contribution in [3.05, 3.63) is 231 Å². The molecule has 2 aromatic heterocycles. The topological polar surface area (TPSA) is 57.5 Å². The molecule has 2 unspecified atom stereocenters. The summed E-state index contributed by atoms with van der Waals surface area (Å²) in [6, 6.07) is 70.6. The number of anilines is 3. The Morgan fingerprint density at radius 3 is 1.59 bits per heavy atom. The van der Waals surface area contributed by atoms with E-state index in [1.807, 2.05) is 24.5 Å². The van der Waals surface area contributed by atoms with E-state index < -0.39 is 0 Å². The largest absolute Gasteiger partial charge is 0.300 e. The number of nitrogens with zero attached hydrogens (tertiary/aromatic N) is 6. The molecule has 0 saturated heterocycles. The number of hydrogen-bond donors (Lipinski definition) is 0. The minimum atomic E-state index is 0.0730. The molecule has 326 valence electrons. The molecule has 3 aliphatic carbocycles. The van der Waals surface area contributed by atoms with Gasteiger partial charge in [0.2, 0.25) is 5.96 Å². The SMILES string of the molecule is C1=CC2N=C3N(c4ccc5c(c4)-c4ccccc4-c4ccccc4-c4cc(-c6ccnc(-c7ccc8c(c7)-c7ccccc7-c7ccccc7-c7ncccc7-8)n6)ccc4-5)c4ccccc4N3C2C=C1. The van der Waals surface area contributed by atoms with Crippen molar-refractivity contribution in [3.8, 4) is 112 Å². The van der Waals surface area contributed by atoms with Crippen molar-refractivity contribution in [2.45, 2.75) is 12.1 Å². The molecule has 2 atom stereocenters. The lowest BCUT2D eigenvalue weighted by Gasteiger charge is -2.26. The smallest absolute Gasteiger partial charge is 0.211 e. The lowest BCUT2D eigenvalue weighted by atomic mass is 9.80. The molecule has 0 amide bonds. The van der Waals surface area contributed by atoms with Crippen LogP contribution in [0.4, 0.5) is 17.1 Å². The van der Waals surface area contributed by atoms with E-state index in [2.05, 4.69) is 216 Å². The van der Waals surface area contributed by atoms with Gasteiger partial charge in [0.25, 0.3) is 0 Å². The van der Waals surface area contributed by atoms with Crippen molar-refractivity contribution < 1.29 is 0 Å². The normalized spacial score (nSPS) is 15.9. The highest BCUT2D eigenvalue weighted by atomic mass is 15.5. The number of aliphatic imine (C=N–C) groups is 1. The zero-order valence-electron chi connectivity index (χ0n) is 37.8. The maximum absolute atomic E-state index is 5.34. The van der Waals surface area contributed by atoms with Crippen molar-refractivity contribution in [1.82, 2.24) is 15.0 Å². The number of guanidine groups is 1. The third-order valence-corrected chi connectivity index (χ3v) is 14.8. The van der Waals surface area contributed by atoms with E-state index in [4.69, 9.17) is 19.9 Å². The quantitative estimate of drug-likeness (QED) is 0.177. The Hall–Kier alpha value is -9.26. The Morgan fingerprint density at radius 2 is 0.886 bits per heavy atom. The second-order valence-corrected chi connectivity index (χ2v) is 18.5. The highest BCUT2D eigenvalue weighted by molar-refractivity contribution is 6.22. The molecule has 0 saturated carbocycles. The van der Waals surface area contributed by atoms with E-state index in [1.165, 1.54) is 61.3 Å². The first-order chi connectivity index (χ1) is 34.7. The summed E-state index contributed by atoms with van der Waals surface area (Å²) in [6.45, 7) is 0. The fourth-order valence-electron chi connectivity index (χ4n) is 11.6. The van der Waals surface area contributed by atoms with Crippen LogP contribution in [0.15, 0.2) is 236 Å². The molecule has 0 radical (unpaired) electrons. The van der Waals surface area contributed by atoms with E-state index in [0.717, 1.165) is 67.7 Å². The first-order valence-corrected chi connectivity index (χ1v) is 23.9. The average Bonchev–Trinajstić information content (AvgIpc) is 3.97. The number of pyridine rings is 1. The Bertz CT molecular complexity index is 3950. The first-order valence-electron chi connectivity index (χ1n) is 23.9. The summed E-state index contributed by atoms with van der Waals surface area (Å²) in [7, 11) is 0. The van der Waals surface area contributed by atoms with Gasteiger partial charge in [-0.1, -0.05) is 170 Å². The Kier molecular flexibility index (Phi) is 8.38. The van der Waals surface area contributed by atoms with Crippen LogP contribution in [0.5, 0.6) is 0 Å². The predicted octanol–water partition coefficient (Wildman–Crippen LogP) is 15.4. The molecule has 6 heteroatoms. The van der Waals surface area contributed by atoms with Gasteiger partial charge in [0.15, 0.2) is 5.82 Å². The summed E-state index contributed by atoms with van der Waals surface area (Å²) in [5.41, 5.74) is 24.6. The van der Waals surface area contributed by atoms with Gasteiger partial charge in [-0.05, 0) is 121 Å². The van der Waals surface area contributed by atoms with Crippen LogP contribution in [-0.2, 0) is 0 Å². The van der Waals surface area contributed by atoms with Gasteiger partial charge in [0.1, 0.15) is 0 Å². The van der Waals surface area contributed by atoms with Gasteiger partial charge in [-0.15, -0.1) is 0 Å². The fourth-order valence-corrected chi connectivity index (χ4v) is 11.6. The molecular weight excluding hydrogens is 853 g/mol. The molecule has 15 rings (SSSR count). The van der Waals surface area contributed by atoms with Crippen molar-refractivity contribution in [2.24, 2.45) is 4.99 Å². The minimum Gasteiger partial charge on any atom is -0.300 e. The van der Waals surface area contributed by atoms with Crippen molar-refractivity contribution in [3.63, 3.8) is 0 Å². The third-order valence-electron chi connectivity index (χ3n) is 14.8. The molecule has 2 aliphatic heterocycles. The summed E-state index contributed by atoms with van der Waals surface area (Å²) >= 11 is 0. The van der Waals surface area contributed by atoms with Gasteiger partial charge >= 0.3 is 0 Å². The van der Waals surface area contributed by atoms with E-state index >= 15 is 0 Å². The van der Waals surface area contributed by atoms with Crippen LogP contribution in [0.1, 0.15) is 0 Å². The molecule has 10 aromatic rings. The Labute approximate surface area is 405 Å². The van der Waals surface area contributed by atoms with Crippen LogP contribution in [0.25, 0.3) is 112 Å². The first kappa shape index (κ1) is 38.8. The van der Waals surface area contributed by atoms with E-state index in [9.17, 15) is 0 Å². The predicted molar refractivity (Wildman–Crippen MR) is 286 cm³/mol. The van der Waals surface area contributed by atoms with Crippen LogP contribution in [0.2, 0.25) is 0 Å². The van der Waals surface area contributed by atoms with E-state index in [1.54, 1.807) is 0 Å². The number of fused-ring (bicyclic) bond motifs is 21. The lowest BCUT2D eigenvalue weighted by Crippen LogP contribution is -2.39. The molecule has 8 aromatic carbocycles. The van der Waals surface area contributed by atoms with Gasteiger partial charge in [-0.2, -0.15) is 0 Å². The van der Waals surface area contributed by atoms with Gasteiger partial charge in [-0.25, -0.2) is 15.0 Å².